The van der Waals surface area contributed by atoms with Crippen molar-refractivity contribution < 1.29 is 19.5 Å². The van der Waals surface area contributed by atoms with Crippen molar-refractivity contribution in [2.45, 2.75) is 19.9 Å². The molecule has 7 nitrogen and oxygen atoms in total. The van der Waals surface area contributed by atoms with Crippen LogP contribution in [0.25, 0.3) is 0 Å². The van der Waals surface area contributed by atoms with Crippen LogP contribution in [-0.4, -0.2) is 33.9 Å². The second kappa shape index (κ2) is 5.94. The summed E-state index contributed by atoms with van der Waals surface area (Å²) in [7, 11) is 0. The highest BCUT2D eigenvalue weighted by Gasteiger charge is 2.23. The molecule has 0 saturated carbocycles. The fourth-order valence-corrected chi connectivity index (χ4v) is 1.47. The summed E-state index contributed by atoms with van der Waals surface area (Å²) in [6, 6.07) is 1.58. The lowest BCUT2D eigenvalue weighted by molar-refractivity contribution is -0.120. The lowest BCUT2D eigenvalue weighted by Gasteiger charge is -2.18. The quantitative estimate of drug-likeness (QED) is 0.692. The van der Waals surface area contributed by atoms with E-state index in [0.29, 0.717) is 0 Å². The number of carbonyl (C=O) groups excluding carboxylic acids is 2. The molecular formula is C12H15N3O4. The molecule has 1 unspecified atom stereocenters. The molecule has 0 radical (unpaired) electrons. The molecule has 0 aliphatic rings. The molecule has 0 aromatic carbocycles. The Hall–Kier alpha value is -2.44. The Kier molecular flexibility index (Phi) is 4.57. The molecule has 1 atom stereocenters. The SMILES string of the molecule is CC(C)C(NC(=O)c1cc(C(=O)O)ccn1)C(N)=O. The first-order valence-corrected chi connectivity index (χ1v) is 5.62. The van der Waals surface area contributed by atoms with Crippen molar-refractivity contribution in [3.05, 3.63) is 29.6 Å². The van der Waals surface area contributed by atoms with E-state index in [2.05, 4.69) is 10.3 Å². The first-order valence-electron chi connectivity index (χ1n) is 5.62. The van der Waals surface area contributed by atoms with Gasteiger partial charge in [-0.3, -0.25) is 14.6 Å². The van der Waals surface area contributed by atoms with Crippen LogP contribution in [0.1, 0.15) is 34.7 Å². The summed E-state index contributed by atoms with van der Waals surface area (Å²) in [6.45, 7) is 3.47. The van der Waals surface area contributed by atoms with Crippen molar-refractivity contribution >= 4 is 17.8 Å². The van der Waals surface area contributed by atoms with Crippen LogP contribution in [0, 0.1) is 5.92 Å². The third-order valence-corrected chi connectivity index (χ3v) is 2.50. The van der Waals surface area contributed by atoms with Gasteiger partial charge in [0.15, 0.2) is 0 Å². The van der Waals surface area contributed by atoms with E-state index in [0.717, 1.165) is 6.07 Å². The second-order valence-electron chi connectivity index (χ2n) is 4.33. The summed E-state index contributed by atoms with van der Waals surface area (Å²) < 4.78 is 0. The van der Waals surface area contributed by atoms with Gasteiger partial charge in [-0.2, -0.15) is 0 Å². The lowest BCUT2D eigenvalue weighted by atomic mass is 10.0. The number of amides is 2. The van der Waals surface area contributed by atoms with Gasteiger partial charge in [-0.05, 0) is 18.1 Å². The number of aromatic nitrogens is 1. The Bertz CT molecular complexity index is 513. The maximum absolute atomic E-state index is 11.9. The Morgan fingerprint density at radius 2 is 2.00 bits per heavy atom. The number of aromatic carboxylic acids is 1. The van der Waals surface area contributed by atoms with Gasteiger partial charge in [-0.25, -0.2) is 4.79 Å². The van der Waals surface area contributed by atoms with E-state index in [-0.39, 0.29) is 17.2 Å². The molecule has 0 fully saturated rings. The number of nitrogens with zero attached hydrogens (tertiary/aromatic N) is 1. The fraction of sp³-hybridized carbons (Fsp3) is 0.333. The summed E-state index contributed by atoms with van der Waals surface area (Å²) in [5, 5.41) is 11.2. The molecule has 0 saturated heterocycles. The molecule has 1 aromatic heterocycles. The summed E-state index contributed by atoms with van der Waals surface area (Å²) >= 11 is 0. The maximum Gasteiger partial charge on any atom is 0.335 e. The summed E-state index contributed by atoms with van der Waals surface area (Å²) in [5.74, 6) is -2.63. The van der Waals surface area contributed by atoms with Crippen LogP contribution < -0.4 is 11.1 Å². The lowest BCUT2D eigenvalue weighted by Crippen LogP contribution is -2.47. The average molecular weight is 265 g/mol. The van der Waals surface area contributed by atoms with E-state index in [9.17, 15) is 14.4 Å². The van der Waals surface area contributed by atoms with Crippen LogP contribution in [0.2, 0.25) is 0 Å². The standard InChI is InChI=1S/C12H15N3O4/c1-6(2)9(10(13)16)15-11(17)8-5-7(12(18)19)3-4-14-8/h3-6,9H,1-2H3,(H2,13,16)(H,15,17)(H,18,19). The number of carboxylic acids is 1. The Morgan fingerprint density at radius 1 is 1.37 bits per heavy atom. The number of primary amides is 1. The number of hydrogen-bond acceptors (Lipinski definition) is 4. The van der Waals surface area contributed by atoms with Crippen LogP contribution in [0.3, 0.4) is 0 Å². The number of pyridine rings is 1. The van der Waals surface area contributed by atoms with Crippen LogP contribution in [0.5, 0.6) is 0 Å². The zero-order chi connectivity index (χ0) is 14.6. The monoisotopic (exact) mass is 265 g/mol. The fourth-order valence-electron chi connectivity index (χ4n) is 1.47. The van der Waals surface area contributed by atoms with Crippen molar-refractivity contribution in [1.29, 1.82) is 0 Å². The molecule has 1 aromatic rings. The van der Waals surface area contributed by atoms with Crippen LogP contribution in [0.4, 0.5) is 0 Å². The number of carboxylic acid groups (broad SMARTS) is 1. The number of carbonyl (C=O) groups is 3. The Balaban J connectivity index is 2.91. The van der Waals surface area contributed by atoms with E-state index in [1.807, 2.05) is 0 Å². The molecule has 0 aliphatic heterocycles. The van der Waals surface area contributed by atoms with Gasteiger partial charge in [-0.1, -0.05) is 13.8 Å². The first kappa shape index (κ1) is 14.6. The largest absolute Gasteiger partial charge is 0.478 e. The van der Waals surface area contributed by atoms with Gasteiger partial charge >= 0.3 is 5.97 Å². The highest BCUT2D eigenvalue weighted by molar-refractivity contribution is 5.98. The van der Waals surface area contributed by atoms with Gasteiger partial charge < -0.3 is 16.2 Å². The van der Waals surface area contributed by atoms with Crippen molar-refractivity contribution in [2.24, 2.45) is 11.7 Å². The molecule has 102 valence electrons. The normalized spacial score (nSPS) is 11.9. The molecular weight excluding hydrogens is 250 g/mol. The molecule has 2 amide bonds. The van der Waals surface area contributed by atoms with Crippen molar-refractivity contribution in [3.8, 4) is 0 Å². The number of hydrogen-bond donors (Lipinski definition) is 3. The molecule has 0 bridgehead atoms. The predicted molar refractivity (Wildman–Crippen MR) is 66.5 cm³/mol. The maximum atomic E-state index is 11.9. The predicted octanol–water partition coefficient (Wildman–Crippen LogP) is 0.0195. The Labute approximate surface area is 109 Å². The van der Waals surface area contributed by atoms with E-state index in [1.165, 1.54) is 12.3 Å². The molecule has 1 rings (SSSR count). The summed E-state index contributed by atoms with van der Waals surface area (Å²) in [4.78, 5) is 37.6. The van der Waals surface area contributed by atoms with Crippen LogP contribution >= 0.6 is 0 Å². The molecule has 0 spiro atoms. The van der Waals surface area contributed by atoms with E-state index < -0.39 is 23.8 Å². The molecule has 19 heavy (non-hydrogen) atoms. The summed E-state index contributed by atoms with van der Waals surface area (Å²) in [6.07, 6.45) is 1.22. The smallest absolute Gasteiger partial charge is 0.335 e. The highest BCUT2D eigenvalue weighted by atomic mass is 16.4. The van der Waals surface area contributed by atoms with Gasteiger partial charge in [0, 0.05) is 6.20 Å². The van der Waals surface area contributed by atoms with Gasteiger partial charge in [0.25, 0.3) is 5.91 Å². The summed E-state index contributed by atoms with van der Waals surface area (Å²) in [5.41, 5.74) is 5.04. The van der Waals surface area contributed by atoms with Crippen molar-refractivity contribution in [1.82, 2.24) is 10.3 Å². The molecule has 1 heterocycles. The van der Waals surface area contributed by atoms with E-state index in [1.54, 1.807) is 13.8 Å². The van der Waals surface area contributed by atoms with Gasteiger partial charge in [0.1, 0.15) is 11.7 Å². The molecule has 0 aliphatic carbocycles. The Morgan fingerprint density at radius 3 is 2.47 bits per heavy atom. The van der Waals surface area contributed by atoms with Crippen molar-refractivity contribution in [3.63, 3.8) is 0 Å². The number of rotatable bonds is 5. The third-order valence-electron chi connectivity index (χ3n) is 2.50. The number of nitrogens with one attached hydrogen (secondary N) is 1. The highest BCUT2D eigenvalue weighted by Crippen LogP contribution is 2.05. The molecule has 7 heteroatoms. The second-order valence-corrected chi connectivity index (χ2v) is 4.33. The first-order chi connectivity index (χ1) is 8.82. The third kappa shape index (κ3) is 3.77. The van der Waals surface area contributed by atoms with Gasteiger partial charge in [0.2, 0.25) is 5.91 Å². The van der Waals surface area contributed by atoms with Crippen molar-refractivity contribution in [2.75, 3.05) is 0 Å². The van der Waals surface area contributed by atoms with E-state index in [4.69, 9.17) is 10.8 Å². The minimum Gasteiger partial charge on any atom is -0.478 e. The number of nitrogens with two attached hydrogens (primary N) is 1. The van der Waals surface area contributed by atoms with Crippen LogP contribution in [0.15, 0.2) is 18.3 Å². The zero-order valence-corrected chi connectivity index (χ0v) is 10.6. The minimum absolute atomic E-state index is 0.0553. The van der Waals surface area contributed by atoms with Gasteiger partial charge in [0.05, 0.1) is 5.56 Å². The minimum atomic E-state index is -1.16. The van der Waals surface area contributed by atoms with Gasteiger partial charge in [-0.15, -0.1) is 0 Å². The zero-order valence-electron chi connectivity index (χ0n) is 10.6. The average Bonchev–Trinajstić information content (AvgIpc) is 2.34. The van der Waals surface area contributed by atoms with Crippen LogP contribution in [-0.2, 0) is 4.79 Å². The topological polar surface area (TPSA) is 122 Å². The van der Waals surface area contributed by atoms with E-state index >= 15 is 0 Å². The molecule has 4 N–H and O–H groups in total.